The SMILES string of the molecule is CCc1cccc(CC)c1NC(=O)Nc1ccc(N)cc1. The second-order valence-corrected chi connectivity index (χ2v) is 4.86. The molecule has 0 spiro atoms. The van der Waals surface area contributed by atoms with Gasteiger partial charge in [0.05, 0.1) is 0 Å². The van der Waals surface area contributed by atoms with Crippen molar-refractivity contribution >= 4 is 23.1 Å². The molecule has 2 aromatic rings. The highest BCUT2D eigenvalue weighted by molar-refractivity contribution is 6.00. The summed E-state index contributed by atoms with van der Waals surface area (Å²) >= 11 is 0. The predicted molar refractivity (Wildman–Crippen MR) is 88.7 cm³/mol. The lowest BCUT2D eigenvalue weighted by Gasteiger charge is -2.15. The van der Waals surface area contributed by atoms with Gasteiger partial charge in [-0.25, -0.2) is 4.79 Å². The molecule has 0 aliphatic rings. The van der Waals surface area contributed by atoms with E-state index in [1.54, 1.807) is 24.3 Å². The molecule has 2 rings (SSSR count). The first kappa shape index (κ1) is 14.9. The van der Waals surface area contributed by atoms with E-state index in [4.69, 9.17) is 5.73 Å². The van der Waals surface area contributed by atoms with Crippen LogP contribution in [-0.4, -0.2) is 6.03 Å². The van der Waals surface area contributed by atoms with Crippen molar-refractivity contribution in [3.8, 4) is 0 Å². The number of hydrogen-bond donors (Lipinski definition) is 3. The zero-order valence-corrected chi connectivity index (χ0v) is 12.4. The minimum atomic E-state index is -0.240. The molecule has 0 aliphatic heterocycles. The van der Waals surface area contributed by atoms with Gasteiger partial charge in [-0.15, -0.1) is 0 Å². The molecule has 4 nitrogen and oxygen atoms in total. The summed E-state index contributed by atoms with van der Waals surface area (Å²) in [7, 11) is 0. The topological polar surface area (TPSA) is 67.2 Å². The summed E-state index contributed by atoms with van der Waals surface area (Å²) in [5, 5.41) is 5.78. The van der Waals surface area contributed by atoms with E-state index >= 15 is 0 Å². The Balaban J connectivity index is 2.14. The lowest BCUT2D eigenvalue weighted by Crippen LogP contribution is -2.21. The molecule has 21 heavy (non-hydrogen) atoms. The number of urea groups is 1. The van der Waals surface area contributed by atoms with Gasteiger partial charge < -0.3 is 16.4 Å². The van der Waals surface area contributed by atoms with Crippen molar-refractivity contribution in [2.45, 2.75) is 26.7 Å². The smallest absolute Gasteiger partial charge is 0.323 e. The average Bonchev–Trinajstić information content (AvgIpc) is 2.49. The van der Waals surface area contributed by atoms with Gasteiger partial charge in [0.15, 0.2) is 0 Å². The zero-order valence-electron chi connectivity index (χ0n) is 12.4. The third-order valence-corrected chi connectivity index (χ3v) is 3.41. The lowest BCUT2D eigenvalue weighted by molar-refractivity contribution is 0.262. The summed E-state index contributed by atoms with van der Waals surface area (Å²) in [6, 6.07) is 12.9. The van der Waals surface area contributed by atoms with Gasteiger partial charge >= 0.3 is 6.03 Å². The Labute approximate surface area is 125 Å². The van der Waals surface area contributed by atoms with E-state index in [9.17, 15) is 4.79 Å². The van der Waals surface area contributed by atoms with Crippen molar-refractivity contribution in [3.63, 3.8) is 0 Å². The highest BCUT2D eigenvalue weighted by Crippen LogP contribution is 2.23. The second-order valence-electron chi connectivity index (χ2n) is 4.86. The molecule has 0 atom stereocenters. The number of hydrogen-bond acceptors (Lipinski definition) is 2. The van der Waals surface area contributed by atoms with E-state index in [0.29, 0.717) is 11.4 Å². The van der Waals surface area contributed by atoms with Crippen LogP contribution in [0.15, 0.2) is 42.5 Å². The number of carbonyl (C=O) groups is 1. The molecular weight excluding hydrogens is 262 g/mol. The standard InChI is InChI=1S/C17H21N3O/c1-3-12-6-5-7-13(4-2)16(12)20-17(21)19-15-10-8-14(18)9-11-15/h5-11H,3-4,18H2,1-2H3,(H2,19,20,21). The van der Waals surface area contributed by atoms with Crippen molar-refractivity contribution in [1.82, 2.24) is 0 Å². The Kier molecular flexibility index (Phi) is 4.82. The van der Waals surface area contributed by atoms with E-state index in [-0.39, 0.29) is 6.03 Å². The molecule has 0 heterocycles. The van der Waals surface area contributed by atoms with Gasteiger partial charge in [-0.05, 0) is 48.2 Å². The maximum atomic E-state index is 12.1. The summed E-state index contributed by atoms with van der Waals surface area (Å²) in [6.45, 7) is 4.16. The molecule has 0 aromatic heterocycles. The van der Waals surface area contributed by atoms with Crippen molar-refractivity contribution in [3.05, 3.63) is 53.6 Å². The minimum Gasteiger partial charge on any atom is -0.399 e. The Hall–Kier alpha value is -2.49. The fourth-order valence-electron chi connectivity index (χ4n) is 2.25. The van der Waals surface area contributed by atoms with Crippen LogP contribution in [0.5, 0.6) is 0 Å². The van der Waals surface area contributed by atoms with Gasteiger partial charge in [0, 0.05) is 17.1 Å². The molecule has 0 radical (unpaired) electrons. The van der Waals surface area contributed by atoms with E-state index < -0.39 is 0 Å². The molecule has 110 valence electrons. The molecule has 4 heteroatoms. The summed E-state index contributed by atoms with van der Waals surface area (Å²) < 4.78 is 0. The molecule has 4 N–H and O–H groups in total. The molecular formula is C17H21N3O. The number of nitrogens with one attached hydrogen (secondary N) is 2. The number of benzene rings is 2. The van der Waals surface area contributed by atoms with Crippen LogP contribution in [0.2, 0.25) is 0 Å². The van der Waals surface area contributed by atoms with Crippen LogP contribution in [0.25, 0.3) is 0 Å². The number of anilines is 3. The normalized spacial score (nSPS) is 10.2. The van der Waals surface area contributed by atoms with Gasteiger partial charge in [0.2, 0.25) is 0 Å². The van der Waals surface area contributed by atoms with Gasteiger partial charge in [-0.3, -0.25) is 0 Å². The third kappa shape index (κ3) is 3.75. The summed E-state index contributed by atoms with van der Waals surface area (Å²) in [5.41, 5.74) is 10.2. The van der Waals surface area contributed by atoms with Gasteiger partial charge in [-0.2, -0.15) is 0 Å². The first-order valence-corrected chi connectivity index (χ1v) is 7.18. The molecule has 0 fully saturated rings. The molecule has 0 aliphatic carbocycles. The number of amides is 2. The van der Waals surface area contributed by atoms with Crippen LogP contribution in [0.3, 0.4) is 0 Å². The van der Waals surface area contributed by atoms with Gasteiger partial charge in [-0.1, -0.05) is 32.0 Å². The molecule has 2 amide bonds. The zero-order chi connectivity index (χ0) is 15.2. The molecule has 2 aromatic carbocycles. The molecule has 0 saturated heterocycles. The number of aryl methyl sites for hydroxylation is 2. The third-order valence-electron chi connectivity index (χ3n) is 3.41. The summed E-state index contributed by atoms with van der Waals surface area (Å²) in [5.74, 6) is 0. The highest BCUT2D eigenvalue weighted by atomic mass is 16.2. The lowest BCUT2D eigenvalue weighted by atomic mass is 10.0. The number of nitrogens with two attached hydrogens (primary N) is 1. The fourth-order valence-corrected chi connectivity index (χ4v) is 2.25. The summed E-state index contributed by atoms with van der Waals surface area (Å²) in [4.78, 5) is 12.1. The fraction of sp³-hybridized carbons (Fsp3) is 0.235. The van der Waals surface area contributed by atoms with E-state index in [0.717, 1.165) is 29.7 Å². The molecule has 0 unspecified atom stereocenters. The van der Waals surface area contributed by atoms with E-state index in [2.05, 4.69) is 24.5 Å². The summed E-state index contributed by atoms with van der Waals surface area (Å²) in [6.07, 6.45) is 1.76. The second kappa shape index (κ2) is 6.79. The van der Waals surface area contributed by atoms with Gasteiger partial charge in [0.25, 0.3) is 0 Å². The van der Waals surface area contributed by atoms with Crippen LogP contribution >= 0.6 is 0 Å². The van der Waals surface area contributed by atoms with Crippen molar-refractivity contribution < 1.29 is 4.79 Å². The number of rotatable bonds is 4. The van der Waals surface area contributed by atoms with Crippen LogP contribution in [0.1, 0.15) is 25.0 Å². The number of carbonyl (C=O) groups excluding carboxylic acids is 1. The first-order valence-electron chi connectivity index (χ1n) is 7.18. The highest BCUT2D eigenvalue weighted by Gasteiger charge is 2.09. The Bertz CT molecular complexity index is 598. The number of nitrogen functional groups attached to an aromatic ring is 1. The average molecular weight is 283 g/mol. The largest absolute Gasteiger partial charge is 0.399 e. The first-order chi connectivity index (χ1) is 10.1. The van der Waals surface area contributed by atoms with E-state index in [1.807, 2.05) is 18.2 Å². The predicted octanol–water partition coefficient (Wildman–Crippen LogP) is 4.04. The minimum absolute atomic E-state index is 0.240. The van der Waals surface area contributed by atoms with Gasteiger partial charge in [0.1, 0.15) is 0 Å². The monoisotopic (exact) mass is 283 g/mol. The van der Waals surface area contributed by atoms with Crippen LogP contribution < -0.4 is 16.4 Å². The quantitative estimate of drug-likeness (QED) is 0.741. The van der Waals surface area contributed by atoms with Crippen LogP contribution in [-0.2, 0) is 12.8 Å². The van der Waals surface area contributed by atoms with Crippen molar-refractivity contribution in [2.24, 2.45) is 0 Å². The van der Waals surface area contributed by atoms with Crippen LogP contribution in [0.4, 0.5) is 21.9 Å². The number of para-hydroxylation sites is 1. The molecule has 0 saturated carbocycles. The van der Waals surface area contributed by atoms with Crippen LogP contribution in [0, 0.1) is 0 Å². The van der Waals surface area contributed by atoms with Crippen molar-refractivity contribution in [1.29, 1.82) is 0 Å². The van der Waals surface area contributed by atoms with Crippen molar-refractivity contribution in [2.75, 3.05) is 16.4 Å². The Morgan fingerprint density at radius 1 is 0.952 bits per heavy atom. The maximum absolute atomic E-state index is 12.1. The molecule has 0 bridgehead atoms. The van der Waals surface area contributed by atoms with E-state index in [1.165, 1.54) is 0 Å². The Morgan fingerprint density at radius 2 is 1.52 bits per heavy atom. The maximum Gasteiger partial charge on any atom is 0.323 e. The Morgan fingerprint density at radius 3 is 2.05 bits per heavy atom.